The first-order valence-electron chi connectivity index (χ1n) is 4.04. The number of aryl methyl sites for hydroxylation is 1. The van der Waals surface area contributed by atoms with Crippen LogP contribution in [0.3, 0.4) is 0 Å². The second-order valence-electron chi connectivity index (χ2n) is 3.15. The molecule has 0 unspecified atom stereocenters. The molecule has 2 N–H and O–H groups in total. The average molecular weight is 183 g/mol. The van der Waals surface area contributed by atoms with E-state index in [0.29, 0.717) is 6.54 Å². The van der Waals surface area contributed by atoms with E-state index in [9.17, 15) is 9.59 Å². The molecule has 0 aliphatic rings. The minimum absolute atomic E-state index is 0.134. The molecule has 13 heavy (non-hydrogen) atoms. The minimum atomic E-state index is -0.526. The smallest absolute Gasteiger partial charge is 0.316 e. The van der Waals surface area contributed by atoms with E-state index >= 15 is 0 Å². The first-order chi connectivity index (χ1) is 6.02. The van der Waals surface area contributed by atoms with E-state index in [2.05, 4.69) is 0 Å². The molecule has 72 valence electrons. The molecule has 0 spiro atoms. The van der Waals surface area contributed by atoms with Gasteiger partial charge in [-0.15, -0.1) is 0 Å². The van der Waals surface area contributed by atoms with Crippen molar-refractivity contribution in [2.24, 2.45) is 12.8 Å². The van der Waals surface area contributed by atoms with Crippen molar-refractivity contribution in [1.82, 2.24) is 9.13 Å². The van der Waals surface area contributed by atoms with Crippen LogP contribution in [0.25, 0.3) is 0 Å². The van der Waals surface area contributed by atoms with Crippen molar-refractivity contribution in [3.05, 3.63) is 33.1 Å². The Hall–Kier alpha value is -1.36. The van der Waals surface area contributed by atoms with Crippen LogP contribution in [0.15, 0.2) is 22.0 Å². The molecule has 0 aromatic carbocycles. The summed E-state index contributed by atoms with van der Waals surface area (Å²) in [6.07, 6.45) is 3.11. The van der Waals surface area contributed by atoms with Crippen molar-refractivity contribution in [3.63, 3.8) is 0 Å². The molecule has 0 bridgehead atoms. The van der Waals surface area contributed by atoms with Gasteiger partial charge < -0.3 is 14.9 Å². The van der Waals surface area contributed by atoms with Crippen LogP contribution < -0.4 is 16.9 Å². The molecule has 0 aliphatic carbocycles. The number of rotatable bonds is 2. The quantitative estimate of drug-likeness (QED) is 0.591. The Bertz CT molecular complexity index is 403. The normalized spacial score (nSPS) is 12.8. The second kappa shape index (κ2) is 3.57. The van der Waals surface area contributed by atoms with Crippen LogP contribution in [0.4, 0.5) is 0 Å². The first kappa shape index (κ1) is 9.73. The van der Waals surface area contributed by atoms with Gasteiger partial charge in [0.15, 0.2) is 0 Å². The molecule has 1 heterocycles. The molecule has 1 aromatic rings. The van der Waals surface area contributed by atoms with Gasteiger partial charge in [0.1, 0.15) is 0 Å². The third kappa shape index (κ3) is 2.06. The van der Waals surface area contributed by atoms with Gasteiger partial charge in [-0.3, -0.25) is 9.59 Å². The molecule has 0 amide bonds. The maximum absolute atomic E-state index is 11.3. The zero-order chi connectivity index (χ0) is 10.0. The van der Waals surface area contributed by atoms with Gasteiger partial charge in [-0.25, -0.2) is 0 Å². The van der Waals surface area contributed by atoms with Gasteiger partial charge in [0, 0.05) is 32.0 Å². The average Bonchev–Trinajstić information content (AvgIpc) is 2.06. The summed E-state index contributed by atoms with van der Waals surface area (Å²) >= 11 is 0. The zero-order valence-electron chi connectivity index (χ0n) is 7.73. The summed E-state index contributed by atoms with van der Waals surface area (Å²) in [7, 11) is 1.54. The summed E-state index contributed by atoms with van der Waals surface area (Å²) in [4.78, 5) is 22.5. The van der Waals surface area contributed by atoms with Crippen LogP contribution in [0.1, 0.15) is 6.92 Å². The van der Waals surface area contributed by atoms with Crippen molar-refractivity contribution >= 4 is 0 Å². The van der Waals surface area contributed by atoms with Crippen molar-refractivity contribution in [1.29, 1.82) is 0 Å². The van der Waals surface area contributed by atoms with E-state index in [1.807, 2.05) is 0 Å². The Morgan fingerprint density at radius 3 is 2.54 bits per heavy atom. The highest BCUT2D eigenvalue weighted by atomic mass is 16.2. The molecule has 0 saturated heterocycles. The lowest BCUT2D eigenvalue weighted by Gasteiger charge is -2.08. The third-order valence-electron chi connectivity index (χ3n) is 1.72. The Labute approximate surface area is 75.4 Å². The topological polar surface area (TPSA) is 70.0 Å². The first-order valence-corrected chi connectivity index (χ1v) is 4.04. The van der Waals surface area contributed by atoms with Gasteiger partial charge >= 0.3 is 11.1 Å². The molecule has 0 fully saturated rings. The fraction of sp³-hybridized carbons (Fsp3) is 0.500. The largest absolute Gasteiger partial charge is 0.326 e. The highest BCUT2D eigenvalue weighted by molar-refractivity contribution is 4.85. The maximum atomic E-state index is 11.3. The van der Waals surface area contributed by atoms with Crippen LogP contribution in [0.2, 0.25) is 0 Å². The van der Waals surface area contributed by atoms with Crippen molar-refractivity contribution in [2.75, 3.05) is 0 Å². The summed E-state index contributed by atoms with van der Waals surface area (Å²) in [5.74, 6) is 0. The number of nitrogens with two attached hydrogens (primary N) is 1. The van der Waals surface area contributed by atoms with Crippen molar-refractivity contribution < 1.29 is 0 Å². The van der Waals surface area contributed by atoms with Gasteiger partial charge in [-0.1, -0.05) is 0 Å². The standard InChI is InChI=1S/C8H13N3O2/c1-6(9)5-11-4-3-10(2)7(12)8(11)13/h3-4,6H,5,9H2,1-2H3/t6-/m0/s1. The highest BCUT2D eigenvalue weighted by Crippen LogP contribution is 1.82. The fourth-order valence-corrected chi connectivity index (χ4v) is 1.04. The van der Waals surface area contributed by atoms with E-state index in [1.165, 1.54) is 9.13 Å². The number of hydrogen-bond donors (Lipinski definition) is 1. The summed E-state index contributed by atoms with van der Waals surface area (Å²) in [5, 5.41) is 0. The van der Waals surface area contributed by atoms with Crippen LogP contribution >= 0.6 is 0 Å². The predicted octanol–water partition coefficient (Wildman–Crippen LogP) is -1.11. The molecule has 0 saturated carbocycles. The second-order valence-corrected chi connectivity index (χ2v) is 3.15. The van der Waals surface area contributed by atoms with Crippen LogP contribution in [-0.4, -0.2) is 15.2 Å². The SMILES string of the molecule is C[C@H](N)Cn1ccn(C)c(=O)c1=O. The number of hydrogen-bond acceptors (Lipinski definition) is 3. The Morgan fingerprint density at radius 2 is 2.00 bits per heavy atom. The maximum Gasteiger partial charge on any atom is 0.316 e. The van der Waals surface area contributed by atoms with E-state index in [1.54, 1.807) is 26.4 Å². The molecular weight excluding hydrogens is 170 g/mol. The van der Waals surface area contributed by atoms with E-state index in [4.69, 9.17) is 5.73 Å². The van der Waals surface area contributed by atoms with Crippen molar-refractivity contribution in [2.45, 2.75) is 19.5 Å². The van der Waals surface area contributed by atoms with Gasteiger partial charge in [-0.2, -0.15) is 0 Å². The minimum Gasteiger partial charge on any atom is -0.326 e. The zero-order valence-corrected chi connectivity index (χ0v) is 7.73. The molecule has 0 radical (unpaired) electrons. The molecule has 5 heteroatoms. The van der Waals surface area contributed by atoms with Crippen LogP contribution in [0.5, 0.6) is 0 Å². The molecule has 0 aliphatic heterocycles. The van der Waals surface area contributed by atoms with Crippen molar-refractivity contribution in [3.8, 4) is 0 Å². The summed E-state index contributed by atoms with van der Waals surface area (Å²) in [6.45, 7) is 2.15. The molecule has 1 aromatic heterocycles. The third-order valence-corrected chi connectivity index (χ3v) is 1.72. The molecule has 5 nitrogen and oxygen atoms in total. The fourth-order valence-electron chi connectivity index (χ4n) is 1.04. The Balaban J connectivity index is 3.20. The molecule has 1 rings (SSSR count). The number of nitrogens with zero attached hydrogens (tertiary/aromatic N) is 2. The van der Waals surface area contributed by atoms with Crippen LogP contribution in [-0.2, 0) is 13.6 Å². The van der Waals surface area contributed by atoms with Crippen LogP contribution in [0, 0.1) is 0 Å². The highest BCUT2D eigenvalue weighted by Gasteiger charge is 2.03. The van der Waals surface area contributed by atoms with Gasteiger partial charge in [0.05, 0.1) is 0 Å². The lowest BCUT2D eigenvalue weighted by Crippen LogP contribution is -2.41. The van der Waals surface area contributed by atoms with Gasteiger partial charge in [0.25, 0.3) is 0 Å². The predicted molar refractivity (Wildman–Crippen MR) is 49.6 cm³/mol. The summed E-state index contributed by atoms with van der Waals surface area (Å²) < 4.78 is 2.58. The monoisotopic (exact) mass is 183 g/mol. The van der Waals surface area contributed by atoms with Gasteiger partial charge in [0.2, 0.25) is 0 Å². The van der Waals surface area contributed by atoms with E-state index in [0.717, 1.165) is 0 Å². The summed E-state index contributed by atoms with van der Waals surface area (Å²) in [5.41, 5.74) is 4.46. The van der Waals surface area contributed by atoms with E-state index in [-0.39, 0.29) is 6.04 Å². The summed E-state index contributed by atoms with van der Waals surface area (Å²) in [6, 6.07) is -0.134. The molecular formula is C8H13N3O2. The number of aromatic nitrogens is 2. The lowest BCUT2D eigenvalue weighted by atomic mass is 10.3. The Kier molecular flexibility index (Phi) is 2.67. The van der Waals surface area contributed by atoms with E-state index < -0.39 is 11.1 Å². The molecule has 1 atom stereocenters. The lowest BCUT2D eigenvalue weighted by molar-refractivity contribution is 0.559. The van der Waals surface area contributed by atoms with Gasteiger partial charge in [-0.05, 0) is 6.92 Å². The Morgan fingerprint density at radius 1 is 1.38 bits per heavy atom.